The van der Waals surface area contributed by atoms with Crippen molar-refractivity contribution in [1.82, 2.24) is 19.9 Å². The van der Waals surface area contributed by atoms with Gasteiger partial charge in [0.15, 0.2) is 0 Å². The number of rotatable bonds is 0. The molecule has 6 nitrogen and oxygen atoms in total. The van der Waals surface area contributed by atoms with Crippen molar-refractivity contribution in [1.29, 1.82) is 0 Å². The van der Waals surface area contributed by atoms with E-state index in [4.69, 9.17) is 4.74 Å². The van der Waals surface area contributed by atoms with Gasteiger partial charge in [0.1, 0.15) is 0 Å². The predicted molar refractivity (Wildman–Crippen MR) is 43.2 cm³/mol. The molecule has 0 N–H and O–H groups in total. The third-order valence-electron chi connectivity index (χ3n) is 1.90. The van der Waals surface area contributed by atoms with Crippen LogP contribution in [0.15, 0.2) is 12.4 Å². The molecule has 1 aliphatic heterocycles. The van der Waals surface area contributed by atoms with Gasteiger partial charge in [0.05, 0.1) is 25.6 Å². The summed E-state index contributed by atoms with van der Waals surface area (Å²) in [5.74, 6) is 0. The fraction of sp³-hybridized carbons (Fsp3) is 0.571. The Morgan fingerprint density at radius 3 is 2.77 bits per heavy atom. The highest BCUT2D eigenvalue weighted by molar-refractivity contribution is 5.75. The van der Waals surface area contributed by atoms with Crippen LogP contribution in [-0.4, -0.2) is 52.2 Å². The summed E-state index contributed by atoms with van der Waals surface area (Å²) in [7, 11) is 0. The second-order valence-electron chi connectivity index (χ2n) is 2.73. The molecule has 2 rings (SSSR count). The smallest absolute Gasteiger partial charge is 0.346 e. The molecule has 0 radical (unpaired) electrons. The minimum atomic E-state index is -0.138. The van der Waals surface area contributed by atoms with Crippen LogP contribution in [-0.2, 0) is 4.74 Å². The van der Waals surface area contributed by atoms with Gasteiger partial charge < -0.3 is 9.64 Å². The lowest BCUT2D eigenvalue weighted by atomic mass is 10.4. The minimum Gasteiger partial charge on any atom is -0.378 e. The number of hydrogen-bond donors (Lipinski definition) is 0. The maximum Gasteiger partial charge on any atom is 0.346 e. The van der Waals surface area contributed by atoms with Crippen LogP contribution in [0.3, 0.4) is 0 Å². The molecule has 0 spiro atoms. The van der Waals surface area contributed by atoms with Gasteiger partial charge in [0.25, 0.3) is 0 Å². The van der Waals surface area contributed by atoms with Gasteiger partial charge in [-0.3, -0.25) is 0 Å². The number of nitrogens with zero attached hydrogens (tertiary/aromatic N) is 4. The van der Waals surface area contributed by atoms with Crippen molar-refractivity contribution in [3.8, 4) is 0 Å². The first kappa shape index (κ1) is 8.18. The van der Waals surface area contributed by atoms with Crippen LogP contribution in [0, 0.1) is 0 Å². The van der Waals surface area contributed by atoms with Crippen LogP contribution >= 0.6 is 0 Å². The molecule has 1 aromatic heterocycles. The Morgan fingerprint density at radius 2 is 2.15 bits per heavy atom. The topological polar surface area (TPSA) is 60.2 Å². The maximum atomic E-state index is 11.6. The zero-order chi connectivity index (χ0) is 9.10. The van der Waals surface area contributed by atoms with Crippen molar-refractivity contribution in [2.75, 3.05) is 26.3 Å². The lowest BCUT2D eigenvalue weighted by Gasteiger charge is -2.25. The van der Waals surface area contributed by atoms with Gasteiger partial charge in [0.2, 0.25) is 0 Å². The molecule has 6 heteroatoms. The first-order chi connectivity index (χ1) is 6.38. The number of carbonyl (C=O) groups excluding carboxylic acids is 1. The molecule has 1 aromatic rings. The summed E-state index contributed by atoms with van der Waals surface area (Å²) in [5, 5.41) is 7.20. The molecule has 0 aliphatic carbocycles. The molecular formula is C7H10N4O2. The van der Waals surface area contributed by atoms with Crippen molar-refractivity contribution in [3.63, 3.8) is 0 Å². The normalized spacial score (nSPS) is 17.4. The zero-order valence-electron chi connectivity index (χ0n) is 7.09. The van der Waals surface area contributed by atoms with Crippen LogP contribution < -0.4 is 0 Å². The Bertz CT molecular complexity index is 279. The standard InChI is InChI=1S/C7H10N4O2/c12-7(11-2-1-8-9-11)10-3-5-13-6-4-10/h1-2H,3-6H2. The fourth-order valence-corrected chi connectivity index (χ4v) is 1.21. The Labute approximate surface area is 75.1 Å². The third-order valence-corrected chi connectivity index (χ3v) is 1.90. The molecular weight excluding hydrogens is 172 g/mol. The van der Waals surface area contributed by atoms with Gasteiger partial charge in [-0.1, -0.05) is 5.21 Å². The molecule has 13 heavy (non-hydrogen) atoms. The largest absolute Gasteiger partial charge is 0.378 e. The van der Waals surface area contributed by atoms with Gasteiger partial charge in [-0.15, -0.1) is 5.10 Å². The van der Waals surface area contributed by atoms with Crippen molar-refractivity contribution >= 4 is 6.03 Å². The van der Waals surface area contributed by atoms with E-state index in [1.54, 1.807) is 4.90 Å². The molecule has 0 aromatic carbocycles. The summed E-state index contributed by atoms with van der Waals surface area (Å²) in [4.78, 5) is 13.3. The van der Waals surface area contributed by atoms with Gasteiger partial charge in [-0.05, 0) is 0 Å². The summed E-state index contributed by atoms with van der Waals surface area (Å²) >= 11 is 0. The first-order valence-corrected chi connectivity index (χ1v) is 4.11. The van der Waals surface area contributed by atoms with Crippen LogP contribution in [0.1, 0.15) is 0 Å². The lowest BCUT2D eigenvalue weighted by molar-refractivity contribution is 0.0527. The molecule has 1 amide bonds. The van der Waals surface area contributed by atoms with Crippen LogP contribution in [0.5, 0.6) is 0 Å². The number of amides is 1. The molecule has 0 saturated carbocycles. The maximum absolute atomic E-state index is 11.6. The van der Waals surface area contributed by atoms with E-state index in [-0.39, 0.29) is 6.03 Å². The Balaban J connectivity index is 2.04. The van der Waals surface area contributed by atoms with E-state index in [2.05, 4.69) is 10.3 Å². The van der Waals surface area contributed by atoms with E-state index in [1.165, 1.54) is 17.1 Å². The summed E-state index contributed by atoms with van der Waals surface area (Å²) in [6.45, 7) is 2.44. The number of aromatic nitrogens is 3. The third kappa shape index (κ3) is 1.67. The summed E-state index contributed by atoms with van der Waals surface area (Å²) in [6, 6.07) is -0.138. The molecule has 1 fully saturated rings. The highest BCUT2D eigenvalue weighted by atomic mass is 16.5. The molecule has 1 aliphatic rings. The van der Waals surface area contributed by atoms with Gasteiger partial charge >= 0.3 is 6.03 Å². The predicted octanol–water partition coefficient (Wildman–Crippen LogP) is -0.422. The van der Waals surface area contributed by atoms with Crippen LogP contribution in [0.25, 0.3) is 0 Å². The Kier molecular flexibility index (Phi) is 2.22. The van der Waals surface area contributed by atoms with Gasteiger partial charge in [-0.2, -0.15) is 4.68 Å². The van der Waals surface area contributed by atoms with Crippen LogP contribution in [0.2, 0.25) is 0 Å². The summed E-state index contributed by atoms with van der Waals surface area (Å²) in [5.41, 5.74) is 0. The first-order valence-electron chi connectivity index (χ1n) is 4.11. The fourth-order valence-electron chi connectivity index (χ4n) is 1.21. The second-order valence-corrected chi connectivity index (χ2v) is 2.73. The van der Waals surface area contributed by atoms with Crippen molar-refractivity contribution in [3.05, 3.63) is 12.4 Å². The lowest BCUT2D eigenvalue weighted by Crippen LogP contribution is -2.43. The van der Waals surface area contributed by atoms with Crippen molar-refractivity contribution in [2.45, 2.75) is 0 Å². The van der Waals surface area contributed by atoms with Gasteiger partial charge in [0, 0.05) is 13.1 Å². The monoisotopic (exact) mass is 182 g/mol. The second kappa shape index (κ2) is 3.53. The molecule has 2 heterocycles. The van der Waals surface area contributed by atoms with E-state index in [9.17, 15) is 4.79 Å². The van der Waals surface area contributed by atoms with Crippen molar-refractivity contribution in [2.24, 2.45) is 0 Å². The molecule has 0 bridgehead atoms. The number of carbonyl (C=O) groups is 1. The quantitative estimate of drug-likeness (QED) is 0.546. The summed E-state index contributed by atoms with van der Waals surface area (Å²) < 4.78 is 6.36. The van der Waals surface area contributed by atoms with E-state index in [1.807, 2.05) is 0 Å². The highest BCUT2D eigenvalue weighted by Crippen LogP contribution is 1.99. The molecule has 1 saturated heterocycles. The molecule has 70 valence electrons. The highest BCUT2D eigenvalue weighted by Gasteiger charge is 2.18. The average molecular weight is 182 g/mol. The van der Waals surface area contributed by atoms with E-state index in [0.29, 0.717) is 26.3 Å². The number of hydrogen-bond acceptors (Lipinski definition) is 4. The average Bonchev–Trinajstić information content (AvgIpc) is 2.71. The zero-order valence-corrected chi connectivity index (χ0v) is 7.09. The molecule has 0 unspecified atom stereocenters. The summed E-state index contributed by atoms with van der Waals surface area (Å²) in [6.07, 6.45) is 3.02. The number of morpholine rings is 1. The van der Waals surface area contributed by atoms with E-state index < -0.39 is 0 Å². The van der Waals surface area contributed by atoms with Crippen molar-refractivity contribution < 1.29 is 9.53 Å². The minimum absolute atomic E-state index is 0.138. The Morgan fingerprint density at radius 1 is 1.38 bits per heavy atom. The van der Waals surface area contributed by atoms with Crippen LogP contribution in [0.4, 0.5) is 4.79 Å². The SMILES string of the molecule is O=C(N1CCOCC1)n1ccnn1. The number of ether oxygens (including phenoxy) is 1. The van der Waals surface area contributed by atoms with Gasteiger partial charge in [-0.25, -0.2) is 4.79 Å². The molecule has 0 atom stereocenters. The van der Waals surface area contributed by atoms with E-state index in [0.717, 1.165) is 0 Å². The van der Waals surface area contributed by atoms with E-state index >= 15 is 0 Å². The Hall–Kier alpha value is -1.43.